The van der Waals surface area contributed by atoms with Gasteiger partial charge in [0.1, 0.15) is 0 Å². The summed E-state index contributed by atoms with van der Waals surface area (Å²) in [5.41, 5.74) is 1.86. The molecule has 1 unspecified atom stereocenters. The van der Waals surface area contributed by atoms with E-state index in [1.54, 1.807) is 25.4 Å². The number of aromatic nitrogens is 1. The molecule has 2 rings (SSSR count). The number of unbranched alkanes of at least 4 members (excludes halogenated alkanes) is 1. The second kappa shape index (κ2) is 8.82. The van der Waals surface area contributed by atoms with Crippen LogP contribution in [0.2, 0.25) is 0 Å². The third-order valence-electron chi connectivity index (χ3n) is 3.95. The Morgan fingerprint density at radius 3 is 2.52 bits per heavy atom. The zero-order valence-electron chi connectivity index (χ0n) is 13.6. The maximum atomic E-state index is 12.6. The van der Waals surface area contributed by atoms with Crippen LogP contribution in [0.15, 0.2) is 47.1 Å². The Balaban J connectivity index is 2.12. The van der Waals surface area contributed by atoms with Crippen LogP contribution < -0.4 is 4.74 Å². The first kappa shape index (κ1) is 17.7. The first-order valence-electron chi connectivity index (χ1n) is 7.92. The van der Waals surface area contributed by atoms with Crippen LogP contribution in [0, 0.1) is 0 Å². The zero-order valence-corrected chi connectivity index (χ0v) is 15.2. The average Bonchev–Trinajstić information content (AvgIpc) is 2.59. The summed E-state index contributed by atoms with van der Waals surface area (Å²) < 4.78 is 6.09. The molecule has 2 aromatic rings. The fraction of sp³-hybridized carbons (Fsp3) is 0.368. The minimum Gasteiger partial charge on any atom is -0.481 e. The van der Waals surface area contributed by atoms with Crippen LogP contribution in [0.4, 0.5) is 0 Å². The summed E-state index contributed by atoms with van der Waals surface area (Å²) in [4.78, 5) is 16.7. The van der Waals surface area contributed by atoms with Crippen molar-refractivity contribution in [3.63, 3.8) is 0 Å². The molecule has 23 heavy (non-hydrogen) atoms. The quantitative estimate of drug-likeness (QED) is 0.579. The number of halogens is 1. The molecular formula is C19H22BrNO2. The predicted octanol–water partition coefficient (Wildman–Crippen LogP) is 5.40. The molecular weight excluding hydrogens is 354 g/mol. The molecule has 122 valence electrons. The molecule has 1 heterocycles. The van der Waals surface area contributed by atoms with Gasteiger partial charge in [-0.3, -0.25) is 4.79 Å². The maximum Gasteiger partial charge on any atom is 0.212 e. The molecule has 1 atom stereocenters. The fourth-order valence-electron chi connectivity index (χ4n) is 2.58. The number of pyridine rings is 1. The number of hydrogen-bond donors (Lipinski definition) is 0. The normalized spacial score (nSPS) is 12.0. The molecule has 0 saturated carbocycles. The lowest BCUT2D eigenvalue weighted by atomic mass is 9.88. The molecule has 3 nitrogen and oxygen atoms in total. The predicted molar refractivity (Wildman–Crippen MR) is 96.1 cm³/mol. The smallest absolute Gasteiger partial charge is 0.212 e. The van der Waals surface area contributed by atoms with Gasteiger partial charge in [-0.05, 0) is 36.1 Å². The van der Waals surface area contributed by atoms with Gasteiger partial charge in [0.25, 0.3) is 0 Å². The number of carbonyl (C=O) groups excluding carboxylic acids is 1. The Hall–Kier alpha value is -1.68. The molecule has 0 amide bonds. The Kier molecular flexibility index (Phi) is 6.78. The SMILES string of the molecule is CCCCC(CC(=O)c1ccc(OC)nc1)c1ccc(Br)cc1. The maximum absolute atomic E-state index is 12.6. The van der Waals surface area contributed by atoms with E-state index in [1.165, 1.54) is 5.56 Å². The number of ketones is 1. The summed E-state index contributed by atoms with van der Waals surface area (Å²) in [6.07, 6.45) is 5.38. The molecule has 0 fully saturated rings. The second-order valence-corrected chi connectivity index (χ2v) is 6.52. The summed E-state index contributed by atoms with van der Waals surface area (Å²) in [6.45, 7) is 2.17. The number of carbonyl (C=O) groups is 1. The third kappa shape index (κ3) is 5.17. The van der Waals surface area contributed by atoms with E-state index >= 15 is 0 Å². The number of rotatable bonds is 8. The number of hydrogen-bond acceptors (Lipinski definition) is 3. The van der Waals surface area contributed by atoms with Gasteiger partial charge in [0.05, 0.1) is 7.11 Å². The topological polar surface area (TPSA) is 39.2 Å². The molecule has 0 bridgehead atoms. The monoisotopic (exact) mass is 375 g/mol. The van der Waals surface area contributed by atoms with Crippen molar-refractivity contribution in [2.45, 2.75) is 38.5 Å². The van der Waals surface area contributed by atoms with Gasteiger partial charge in [0, 0.05) is 28.7 Å². The third-order valence-corrected chi connectivity index (χ3v) is 4.48. The highest BCUT2D eigenvalue weighted by Gasteiger charge is 2.17. The number of nitrogens with zero attached hydrogens (tertiary/aromatic N) is 1. The van der Waals surface area contributed by atoms with Gasteiger partial charge >= 0.3 is 0 Å². The lowest BCUT2D eigenvalue weighted by Gasteiger charge is -2.16. The first-order chi connectivity index (χ1) is 11.1. The molecule has 4 heteroatoms. The van der Waals surface area contributed by atoms with Crippen LogP contribution in [0.1, 0.15) is 54.4 Å². The standard InChI is InChI=1S/C19H22BrNO2/c1-3-4-5-15(14-6-9-17(20)10-7-14)12-18(22)16-8-11-19(23-2)21-13-16/h6-11,13,15H,3-5,12H2,1-2H3. The highest BCUT2D eigenvalue weighted by molar-refractivity contribution is 9.10. The largest absolute Gasteiger partial charge is 0.481 e. The number of benzene rings is 1. The molecule has 0 aliphatic carbocycles. The van der Waals surface area contributed by atoms with Gasteiger partial charge in [-0.2, -0.15) is 0 Å². The minimum atomic E-state index is 0.129. The molecule has 0 aliphatic rings. The van der Waals surface area contributed by atoms with E-state index in [0.29, 0.717) is 17.9 Å². The minimum absolute atomic E-state index is 0.129. The molecule has 1 aromatic heterocycles. The van der Waals surface area contributed by atoms with E-state index in [-0.39, 0.29) is 11.7 Å². The van der Waals surface area contributed by atoms with Crippen molar-refractivity contribution in [1.29, 1.82) is 0 Å². The molecule has 0 aliphatic heterocycles. The van der Waals surface area contributed by atoms with Crippen LogP contribution in [0.3, 0.4) is 0 Å². The van der Waals surface area contributed by atoms with Gasteiger partial charge in [-0.15, -0.1) is 0 Å². The van der Waals surface area contributed by atoms with Crippen molar-refractivity contribution in [1.82, 2.24) is 4.98 Å². The lowest BCUT2D eigenvalue weighted by molar-refractivity contribution is 0.0971. The number of methoxy groups -OCH3 is 1. The van der Waals surface area contributed by atoms with Gasteiger partial charge in [-0.1, -0.05) is 47.8 Å². The Morgan fingerprint density at radius 2 is 1.96 bits per heavy atom. The van der Waals surface area contributed by atoms with E-state index in [4.69, 9.17) is 4.74 Å². The van der Waals surface area contributed by atoms with Gasteiger partial charge in [0.15, 0.2) is 5.78 Å². The van der Waals surface area contributed by atoms with Gasteiger partial charge < -0.3 is 4.74 Å². The number of ether oxygens (including phenoxy) is 1. The van der Waals surface area contributed by atoms with Gasteiger partial charge in [0.2, 0.25) is 5.88 Å². The second-order valence-electron chi connectivity index (χ2n) is 5.61. The highest BCUT2D eigenvalue weighted by atomic mass is 79.9. The summed E-state index contributed by atoms with van der Waals surface area (Å²) in [5.74, 6) is 0.902. The van der Waals surface area contributed by atoms with Crippen LogP contribution in [0.25, 0.3) is 0 Å². The average molecular weight is 376 g/mol. The Labute approximate surface area is 146 Å². The highest BCUT2D eigenvalue weighted by Crippen LogP contribution is 2.28. The van der Waals surface area contributed by atoms with Crippen molar-refractivity contribution in [3.8, 4) is 5.88 Å². The van der Waals surface area contributed by atoms with Crippen LogP contribution in [-0.4, -0.2) is 17.9 Å². The van der Waals surface area contributed by atoms with E-state index < -0.39 is 0 Å². The molecule has 0 saturated heterocycles. The van der Waals surface area contributed by atoms with E-state index in [9.17, 15) is 4.79 Å². The fourth-order valence-corrected chi connectivity index (χ4v) is 2.84. The molecule has 1 aromatic carbocycles. The summed E-state index contributed by atoms with van der Waals surface area (Å²) in [6, 6.07) is 11.8. The number of Topliss-reactive ketones (excluding diaryl/α,β-unsaturated/α-hetero) is 1. The van der Waals surface area contributed by atoms with E-state index in [0.717, 1.165) is 23.7 Å². The van der Waals surface area contributed by atoms with Crippen molar-refractivity contribution < 1.29 is 9.53 Å². The van der Waals surface area contributed by atoms with Crippen LogP contribution in [-0.2, 0) is 0 Å². The Bertz CT molecular complexity index is 623. The molecule has 0 radical (unpaired) electrons. The van der Waals surface area contributed by atoms with Crippen molar-refractivity contribution in [2.75, 3.05) is 7.11 Å². The summed E-state index contributed by atoms with van der Waals surface area (Å²) in [7, 11) is 1.57. The molecule has 0 N–H and O–H groups in total. The van der Waals surface area contributed by atoms with E-state index in [1.807, 2.05) is 12.1 Å². The van der Waals surface area contributed by atoms with Gasteiger partial charge in [-0.25, -0.2) is 4.98 Å². The first-order valence-corrected chi connectivity index (χ1v) is 8.72. The van der Waals surface area contributed by atoms with Crippen LogP contribution in [0.5, 0.6) is 5.88 Å². The summed E-state index contributed by atoms with van der Waals surface area (Å²) in [5, 5.41) is 0. The summed E-state index contributed by atoms with van der Waals surface area (Å²) >= 11 is 3.46. The van der Waals surface area contributed by atoms with Crippen molar-refractivity contribution >= 4 is 21.7 Å². The van der Waals surface area contributed by atoms with Crippen LogP contribution >= 0.6 is 15.9 Å². The zero-order chi connectivity index (χ0) is 16.7. The van der Waals surface area contributed by atoms with Crippen molar-refractivity contribution in [2.24, 2.45) is 0 Å². The van der Waals surface area contributed by atoms with Crippen molar-refractivity contribution in [3.05, 3.63) is 58.2 Å². The molecule has 0 spiro atoms. The lowest BCUT2D eigenvalue weighted by Crippen LogP contribution is -2.08. The Morgan fingerprint density at radius 1 is 1.22 bits per heavy atom. The van der Waals surface area contributed by atoms with E-state index in [2.05, 4.69) is 40.0 Å².